The minimum Gasteiger partial charge on any atom is -0.370 e. The first-order chi connectivity index (χ1) is 6.24. The zero-order valence-electron chi connectivity index (χ0n) is 7.91. The third-order valence-electron chi connectivity index (χ3n) is 1.60. The third-order valence-corrected chi connectivity index (χ3v) is 1.60. The van der Waals surface area contributed by atoms with E-state index in [1.165, 1.54) is 0 Å². The zero-order valence-corrected chi connectivity index (χ0v) is 7.91. The van der Waals surface area contributed by atoms with Crippen LogP contribution in [0.1, 0.15) is 12.6 Å². The summed E-state index contributed by atoms with van der Waals surface area (Å²) in [6.45, 7) is 4.53. The highest BCUT2D eigenvalue weighted by Crippen LogP contribution is 2.09. The van der Waals surface area contributed by atoms with Crippen LogP contribution in [0.15, 0.2) is 23.3 Å². The lowest BCUT2D eigenvalue weighted by Gasteiger charge is -2.06. The van der Waals surface area contributed by atoms with Crippen molar-refractivity contribution in [2.75, 3.05) is 11.9 Å². The Morgan fingerprint density at radius 2 is 2.46 bits per heavy atom. The fraction of sp³-hybridized carbons (Fsp3) is 0.333. The van der Waals surface area contributed by atoms with Crippen LogP contribution in [0.3, 0.4) is 0 Å². The lowest BCUT2D eigenvalue weighted by atomic mass is 10.3. The number of aliphatic imine (C=N–C) groups is 1. The molecule has 4 heteroatoms. The molecule has 1 heterocycles. The molecule has 13 heavy (non-hydrogen) atoms. The highest BCUT2D eigenvalue weighted by molar-refractivity contribution is 5.92. The fourth-order valence-corrected chi connectivity index (χ4v) is 0.964. The first-order valence-electron chi connectivity index (χ1n) is 4.22. The van der Waals surface area contributed by atoms with E-state index >= 15 is 0 Å². The van der Waals surface area contributed by atoms with E-state index in [9.17, 15) is 0 Å². The molecule has 0 aliphatic heterocycles. The number of hydrogen-bond donors (Lipinski definition) is 2. The number of rotatable bonds is 2. The molecule has 0 bridgehead atoms. The van der Waals surface area contributed by atoms with Gasteiger partial charge in [0.1, 0.15) is 0 Å². The van der Waals surface area contributed by atoms with Crippen LogP contribution in [0, 0.1) is 6.92 Å². The average molecular weight is 178 g/mol. The standard InChI is InChI=1S/C9H14N4/c1-3-11-9(10)13-8-5-4-6-12-7(8)2/h4-6H,3H2,1-2H3,(H3,10,11,13). The van der Waals surface area contributed by atoms with E-state index in [0.29, 0.717) is 12.5 Å². The van der Waals surface area contributed by atoms with Gasteiger partial charge in [0.05, 0.1) is 11.4 Å². The number of aryl methyl sites for hydroxylation is 1. The van der Waals surface area contributed by atoms with Gasteiger partial charge in [-0.05, 0) is 26.0 Å². The second-order valence-electron chi connectivity index (χ2n) is 2.62. The van der Waals surface area contributed by atoms with Crippen LogP contribution in [0.2, 0.25) is 0 Å². The largest absolute Gasteiger partial charge is 0.370 e. The van der Waals surface area contributed by atoms with Crippen molar-refractivity contribution >= 4 is 11.6 Å². The number of nitrogens with two attached hydrogens (primary N) is 1. The van der Waals surface area contributed by atoms with Gasteiger partial charge in [0.25, 0.3) is 0 Å². The minimum atomic E-state index is 0.429. The lowest BCUT2D eigenvalue weighted by molar-refractivity contribution is 1.12. The molecule has 0 unspecified atom stereocenters. The number of aromatic nitrogens is 1. The summed E-state index contributed by atoms with van der Waals surface area (Å²) in [5.41, 5.74) is 7.41. The second kappa shape index (κ2) is 4.45. The normalized spacial score (nSPS) is 11.4. The number of nitrogens with zero attached hydrogens (tertiary/aromatic N) is 2. The van der Waals surface area contributed by atoms with Gasteiger partial charge >= 0.3 is 0 Å². The van der Waals surface area contributed by atoms with Crippen LogP contribution >= 0.6 is 0 Å². The van der Waals surface area contributed by atoms with Gasteiger partial charge in [-0.15, -0.1) is 0 Å². The smallest absolute Gasteiger partial charge is 0.193 e. The van der Waals surface area contributed by atoms with E-state index in [2.05, 4.69) is 15.3 Å². The van der Waals surface area contributed by atoms with Crippen LogP contribution in [-0.4, -0.2) is 17.5 Å². The molecule has 0 saturated heterocycles. The Labute approximate surface area is 77.9 Å². The van der Waals surface area contributed by atoms with Gasteiger partial charge in [-0.25, -0.2) is 0 Å². The summed E-state index contributed by atoms with van der Waals surface area (Å²) in [5, 5.41) is 2.98. The zero-order chi connectivity index (χ0) is 9.68. The van der Waals surface area contributed by atoms with Crippen molar-refractivity contribution in [2.24, 2.45) is 10.7 Å². The molecule has 1 aromatic rings. The molecule has 0 aromatic carbocycles. The molecule has 0 amide bonds. The number of hydrogen-bond acceptors (Lipinski definition) is 2. The van der Waals surface area contributed by atoms with E-state index in [4.69, 9.17) is 5.73 Å². The van der Waals surface area contributed by atoms with Crippen molar-refractivity contribution in [3.8, 4) is 0 Å². The summed E-state index contributed by atoms with van der Waals surface area (Å²) in [4.78, 5) is 8.14. The molecule has 0 saturated carbocycles. The maximum Gasteiger partial charge on any atom is 0.193 e. The molecule has 0 fully saturated rings. The summed E-state index contributed by atoms with van der Waals surface area (Å²) in [5.74, 6) is 0.429. The third kappa shape index (κ3) is 2.74. The van der Waals surface area contributed by atoms with E-state index in [1.54, 1.807) is 6.20 Å². The maximum atomic E-state index is 5.60. The van der Waals surface area contributed by atoms with Gasteiger partial charge in [-0.1, -0.05) is 0 Å². The predicted molar refractivity (Wildman–Crippen MR) is 54.8 cm³/mol. The first kappa shape index (κ1) is 9.51. The number of guanidine groups is 1. The molecule has 0 aliphatic rings. The Morgan fingerprint density at radius 1 is 1.69 bits per heavy atom. The van der Waals surface area contributed by atoms with Crippen molar-refractivity contribution in [2.45, 2.75) is 13.8 Å². The SMILES string of the molecule is CCN=C(N)Nc1cccnc1C. The molecule has 0 atom stereocenters. The maximum absolute atomic E-state index is 5.60. The van der Waals surface area contributed by atoms with E-state index in [0.717, 1.165) is 11.4 Å². The van der Waals surface area contributed by atoms with E-state index in [1.807, 2.05) is 26.0 Å². The second-order valence-corrected chi connectivity index (χ2v) is 2.62. The van der Waals surface area contributed by atoms with Gasteiger partial charge in [0.2, 0.25) is 0 Å². The van der Waals surface area contributed by atoms with E-state index in [-0.39, 0.29) is 0 Å². The molecule has 0 aliphatic carbocycles. The van der Waals surface area contributed by atoms with Crippen LogP contribution in [-0.2, 0) is 0 Å². The van der Waals surface area contributed by atoms with Crippen LogP contribution in [0.5, 0.6) is 0 Å². The van der Waals surface area contributed by atoms with Crippen molar-refractivity contribution in [3.63, 3.8) is 0 Å². The Kier molecular flexibility index (Phi) is 3.25. The summed E-state index contributed by atoms with van der Waals surface area (Å²) in [7, 11) is 0. The topological polar surface area (TPSA) is 63.3 Å². The van der Waals surface area contributed by atoms with Crippen LogP contribution in [0.4, 0.5) is 5.69 Å². The lowest BCUT2D eigenvalue weighted by Crippen LogP contribution is -2.23. The summed E-state index contributed by atoms with van der Waals surface area (Å²) < 4.78 is 0. The number of nitrogens with one attached hydrogen (secondary N) is 1. The fourth-order valence-electron chi connectivity index (χ4n) is 0.964. The summed E-state index contributed by atoms with van der Waals surface area (Å²) >= 11 is 0. The van der Waals surface area contributed by atoms with Gasteiger partial charge in [0, 0.05) is 12.7 Å². The van der Waals surface area contributed by atoms with Crippen molar-refractivity contribution < 1.29 is 0 Å². The van der Waals surface area contributed by atoms with Crippen molar-refractivity contribution in [1.29, 1.82) is 0 Å². The van der Waals surface area contributed by atoms with E-state index < -0.39 is 0 Å². The molecule has 0 spiro atoms. The van der Waals surface area contributed by atoms with Gasteiger partial charge < -0.3 is 11.1 Å². The Bertz CT molecular complexity index is 306. The quantitative estimate of drug-likeness (QED) is 0.527. The first-order valence-corrected chi connectivity index (χ1v) is 4.22. The average Bonchev–Trinajstić information content (AvgIpc) is 2.09. The van der Waals surface area contributed by atoms with Crippen LogP contribution < -0.4 is 11.1 Å². The van der Waals surface area contributed by atoms with Gasteiger partial charge in [-0.2, -0.15) is 0 Å². The minimum absolute atomic E-state index is 0.429. The Balaban J connectivity index is 2.74. The van der Waals surface area contributed by atoms with Gasteiger partial charge in [0.15, 0.2) is 5.96 Å². The molecule has 1 aromatic heterocycles. The molecular weight excluding hydrogens is 164 g/mol. The Morgan fingerprint density at radius 3 is 3.08 bits per heavy atom. The molecule has 1 rings (SSSR count). The highest BCUT2D eigenvalue weighted by atomic mass is 15.1. The number of anilines is 1. The summed E-state index contributed by atoms with van der Waals surface area (Å²) in [6.07, 6.45) is 1.74. The van der Waals surface area contributed by atoms with Crippen molar-refractivity contribution in [3.05, 3.63) is 24.0 Å². The Hall–Kier alpha value is -1.58. The van der Waals surface area contributed by atoms with Crippen LogP contribution in [0.25, 0.3) is 0 Å². The molecule has 3 N–H and O–H groups in total. The summed E-state index contributed by atoms with van der Waals surface area (Å²) in [6, 6.07) is 3.77. The molecule has 70 valence electrons. The van der Waals surface area contributed by atoms with Crippen molar-refractivity contribution in [1.82, 2.24) is 4.98 Å². The molecular formula is C9H14N4. The van der Waals surface area contributed by atoms with Gasteiger partial charge in [-0.3, -0.25) is 9.98 Å². The molecule has 0 radical (unpaired) electrons. The predicted octanol–water partition coefficient (Wildman–Crippen LogP) is 1.14. The monoisotopic (exact) mass is 178 g/mol. The number of pyridine rings is 1. The molecule has 4 nitrogen and oxygen atoms in total. The highest BCUT2D eigenvalue weighted by Gasteiger charge is 1.97.